The maximum absolute atomic E-state index is 12.3. The Kier molecular flexibility index (Phi) is 4.99. The van der Waals surface area contributed by atoms with E-state index in [1.54, 1.807) is 23.4 Å². The smallest absolute Gasteiger partial charge is 0.254 e. The molecule has 0 aromatic carbocycles. The van der Waals surface area contributed by atoms with E-state index < -0.39 is 12.1 Å². The predicted octanol–water partition coefficient (Wildman–Crippen LogP) is 0.250. The Morgan fingerprint density at radius 3 is 2.64 bits per heavy atom. The minimum atomic E-state index is -0.794. The van der Waals surface area contributed by atoms with Crippen LogP contribution in [0.1, 0.15) is 23.7 Å². The fourth-order valence-electron chi connectivity index (χ4n) is 2.73. The van der Waals surface area contributed by atoms with Crippen molar-refractivity contribution in [2.24, 2.45) is 0 Å². The third-order valence-electron chi connectivity index (χ3n) is 4.18. The third-order valence-corrected chi connectivity index (χ3v) is 4.18. The Bertz CT molecular complexity index is 751. The summed E-state index contributed by atoms with van der Waals surface area (Å²) in [4.78, 5) is 37.6. The molecule has 0 saturated carbocycles. The zero-order valence-corrected chi connectivity index (χ0v) is 13.8. The van der Waals surface area contributed by atoms with Crippen LogP contribution in [0, 0.1) is 0 Å². The van der Waals surface area contributed by atoms with Crippen molar-refractivity contribution in [3.05, 3.63) is 42.5 Å². The first-order valence-corrected chi connectivity index (χ1v) is 8.01. The van der Waals surface area contributed by atoms with E-state index in [1.807, 2.05) is 6.07 Å². The quantitative estimate of drug-likeness (QED) is 0.828. The summed E-state index contributed by atoms with van der Waals surface area (Å²) in [6, 6.07) is 3.22. The number of aliphatic hydroxyl groups is 1. The van der Waals surface area contributed by atoms with Crippen molar-refractivity contribution in [2.45, 2.75) is 25.5 Å². The summed E-state index contributed by atoms with van der Waals surface area (Å²) in [5.41, 5.74) is 1.08. The number of amides is 2. The number of carbonyl (C=O) groups excluding carboxylic acids is 2. The lowest BCUT2D eigenvalue weighted by Gasteiger charge is -2.35. The molecule has 2 aromatic heterocycles. The van der Waals surface area contributed by atoms with Gasteiger partial charge >= 0.3 is 0 Å². The highest BCUT2D eigenvalue weighted by atomic mass is 16.3. The van der Waals surface area contributed by atoms with Gasteiger partial charge in [0.25, 0.3) is 5.91 Å². The molecule has 2 amide bonds. The number of hydrogen-bond acceptors (Lipinski definition) is 6. The molecule has 1 fully saturated rings. The van der Waals surface area contributed by atoms with Crippen LogP contribution in [0.3, 0.4) is 0 Å². The number of likely N-dealkylation sites (tertiary alicyclic amines) is 1. The van der Waals surface area contributed by atoms with Gasteiger partial charge in [-0.15, -0.1) is 0 Å². The first-order valence-electron chi connectivity index (χ1n) is 8.01. The van der Waals surface area contributed by atoms with Gasteiger partial charge in [-0.05, 0) is 18.6 Å². The summed E-state index contributed by atoms with van der Waals surface area (Å²) in [5.74, 6) is 0.0562. The first kappa shape index (κ1) is 17.0. The van der Waals surface area contributed by atoms with E-state index in [0.29, 0.717) is 24.4 Å². The van der Waals surface area contributed by atoms with Crippen LogP contribution in [0.5, 0.6) is 0 Å². The monoisotopic (exact) mass is 341 g/mol. The maximum Gasteiger partial charge on any atom is 0.254 e. The second-order valence-corrected chi connectivity index (χ2v) is 5.94. The topological polar surface area (TPSA) is 108 Å². The Morgan fingerprint density at radius 1 is 1.28 bits per heavy atom. The summed E-state index contributed by atoms with van der Waals surface area (Å²) in [6.45, 7) is 2.19. The van der Waals surface area contributed by atoms with Crippen LogP contribution in [0.2, 0.25) is 0 Å². The molecule has 1 saturated heterocycles. The molecule has 8 heteroatoms. The van der Waals surface area contributed by atoms with Gasteiger partial charge in [-0.25, -0.2) is 9.97 Å². The second kappa shape index (κ2) is 7.35. The predicted molar refractivity (Wildman–Crippen MR) is 89.4 cm³/mol. The number of pyridine rings is 1. The van der Waals surface area contributed by atoms with Gasteiger partial charge < -0.3 is 15.3 Å². The number of carbonyl (C=O) groups is 2. The number of nitrogens with one attached hydrogen (secondary N) is 1. The van der Waals surface area contributed by atoms with E-state index in [0.717, 1.165) is 5.56 Å². The van der Waals surface area contributed by atoms with Crippen molar-refractivity contribution in [3.63, 3.8) is 0 Å². The van der Waals surface area contributed by atoms with Crippen molar-refractivity contribution in [2.75, 3.05) is 13.1 Å². The maximum atomic E-state index is 12.3. The molecule has 2 N–H and O–H groups in total. The Labute approximate surface area is 144 Å². The zero-order valence-electron chi connectivity index (χ0n) is 13.8. The number of hydrogen-bond donors (Lipinski definition) is 2. The Hall–Kier alpha value is -2.87. The highest BCUT2D eigenvalue weighted by Gasteiger charge is 2.30. The lowest BCUT2D eigenvalue weighted by Crippen LogP contribution is -2.55. The molecule has 3 rings (SSSR count). The van der Waals surface area contributed by atoms with E-state index in [9.17, 15) is 14.7 Å². The van der Waals surface area contributed by atoms with Crippen LogP contribution in [-0.2, 0) is 4.79 Å². The molecule has 0 radical (unpaired) electrons. The van der Waals surface area contributed by atoms with Crippen LogP contribution < -0.4 is 5.32 Å². The molecule has 2 aromatic rings. The van der Waals surface area contributed by atoms with Crippen LogP contribution in [0.25, 0.3) is 11.4 Å². The summed E-state index contributed by atoms with van der Waals surface area (Å²) in [5, 5.41) is 12.9. The average molecular weight is 341 g/mol. The number of rotatable bonds is 3. The van der Waals surface area contributed by atoms with E-state index >= 15 is 0 Å². The van der Waals surface area contributed by atoms with Gasteiger partial charge in [0.1, 0.15) is 0 Å². The van der Waals surface area contributed by atoms with Crippen LogP contribution in [0.4, 0.5) is 0 Å². The molecule has 8 nitrogen and oxygen atoms in total. The van der Waals surface area contributed by atoms with Crippen LogP contribution in [0.15, 0.2) is 36.9 Å². The van der Waals surface area contributed by atoms with Crippen LogP contribution >= 0.6 is 0 Å². The van der Waals surface area contributed by atoms with Gasteiger partial charge in [0, 0.05) is 50.4 Å². The molecule has 0 aliphatic carbocycles. The zero-order chi connectivity index (χ0) is 17.8. The van der Waals surface area contributed by atoms with Crippen molar-refractivity contribution < 1.29 is 14.7 Å². The highest BCUT2D eigenvalue weighted by Crippen LogP contribution is 2.14. The fraction of sp³-hybridized carbons (Fsp3) is 0.353. The van der Waals surface area contributed by atoms with Gasteiger partial charge in [-0.3, -0.25) is 14.6 Å². The Balaban J connectivity index is 1.63. The third kappa shape index (κ3) is 3.97. The molecule has 1 aliphatic heterocycles. The van der Waals surface area contributed by atoms with Gasteiger partial charge in [0.2, 0.25) is 5.91 Å². The van der Waals surface area contributed by atoms with Gasteiger partial charge in [-0.2, -0.15) is 0 Å². The number of aromatic nitrogens is 3. The molecular weight excluding hydrogens is 322 g/mol. The minimum absolute atomic E-state index is 0.0804. The number of β-amino-alcohol motifs (C(OH)–C–C–N with tert-alkyl or cyclic N) is 1. The molecule has 1 aliphatic rings. The number of aliphatic hydroxyl groups excluding tert-OH is 1. The van der Waals surface area contributed by atoms with Gasteiger partial charge in [0.05, 0.1) is 17.7 Å². The molecule has 2 atom stereocenters. The molecule has 0 unspecified atom stereocenters. The molecule has 0 spiro atoms. The standard InChI is InChI=1S/C17H19N5O3/c1-11(23)22-6-4-14(15(24)10-22)21-17(25)13-8-19-16(20-9-13)12-3-2-5-18-7-12/h2-3,5,7-9,14-15,24H,4,6,10H2,1H3,(H,21,25)/t14-,15-/m1/s1. The lowest BCUT2D eigenvalue weighted by atomic mass is 10.0. The van der Waals surface area contributed by atoms with Crippen molar-refractivity contribution in [1.82, 2.24) is 25.2 Å². The highest BCUT2D eigenvalue weighted by molar-refractivity contribution is 5.94. The largest absolute Gasteiger partial charge is 0.389 e. The summed E-state index contributed by atoms with van der Waals surface area (Å²) < 4.78 is 0. The molecule has 3 heterocycles. The van der Waals surface area contributed by atoms with E-state index in [-0.39, 0.29) is 18.4 Å². The number of piperidine rings is 1. The van der Waals surface area contributed by atoms with Gasteiger partial charge in [0.15, 0.2) is 5.82 Å². The SMILES string of the molecule is CC(=O)N1CC[C@@H](NC(=O)c2cnc(-c3cccnc3)nc2)[C@H](O)C1. The lowest BCUT2D eigenvalue weighted by molar-refractivity contribution is -0.132. The number of nitrogens with zero attached hydrogens (tertiary/aromatic N) is 4. The minimum Gasteiger partial charge on any atom is -0.389 e. The van der Waals surface area contributed by atoms with E-state index in [4.69, 9.17) is 0 Å². The van der Waals surface area contributed by atoms with Crippen molar-refractivity contribution >= 4 is 11.8 Å². The van der Waals surface area contributed by atoms with E-state index in [1.165, 1.54) is 19.3 Å². The molecule has 130 valence electrons. The van der Waals surface area contributed by atoms with Gasteiger partial charge in [-0.1, -0.05) is 0 Å². The summed E-state index contributed by atoms with van der Waals surface area (Å²) >= 11 is 0. The average Bonchev–Trinajstić information content (AvgIpc) is 2.64. The molecule has 0 bridgehead atoms. The van der Waals surface area contributed by atoms with Crippen molar-refractivity contribution in [1.29, 1.82) is 0 Å². The second-order valence-electron chi connectivity index (χ2n) is 5.94. The van der Waals surface area contributed by atoms with Crippen molar-refractivity contribution in [3.8, 4) is 11.4 Å². The van der Waals surface area contributed by atoms with Crippen LogP contribution in [-0.4, -0.2) is 62.0 Å². The first-order chi connectivity index (χ1) is 12.0. The fourth-order valence-corrected chi connectivity index (χ4v) is 2.73. The molecule has 25 heavy (non-hydrogen) atoms. The summed E-state index contributed by atoms with van der Waals surface area (Å²) in [6.07, 6.45) is 5.91. The normalized spacial score (nSPS) is 20.2. The molecular formula is C17H19N5O3. The summed E-state index contributed by atoms with van der Waals surface area (Å²) in [7, 11) is 0. The Morgan fingerprint density at radius 2 is 2.04 bits per heavy atom. The van der Waals surface area contributed by atoms with E-state index in [2.05, 4.69) is 20.3 Å².